The maximum atomic E-state index is 11.7. The second kappa shape index (κ2) is 6.56. The van der Waals surface area contributed by atoms with Crippen molar-refractivity contribution in [2.45, 2.75) is 13.3 Å². The van der Waals surface area contributed by atoms with Gasteiger partial charge in [0.2, 0.25) is 5.91 Å². The Morgan fingerprint density at radius 1 is 1.35 bits per heavy atom. The zero-order valence-electron chi connectivity index (χ0n) is 11.3. The fourth-order valence-electron chi connectivity index (χ4n) is 1.71. The van der Waals surface area contributed by atoms with E-state index in [2.05, 4.69) is 10.3 Å². The van der Waals surface area contributed by atoms with Crippen LogP contribution in [0.3, 0.4) is 0 Å². The molecule has 20 heavy (non-hydrogen) atoms. The molecule has 104 valence electrons. The quantitative estimate of drug-likeness (QED) is 0.818. The van der Waals surface area contributed by atoms with E-state index < -0.39 is 0 Å². The molecule has 0 unspecified atom stereocenters. The first kappa shape index (κ1) is 13.9. The van der Waals surface area contributed by atoms with E-state index in [1.165, 1.54) is 0 Å². The molecule has 0 aliphatic rings. The highest BCUT2D eigenvalue weighted by atomic mass is 16.5. The fraction of sp³-hybridized carbons (Fsp3) is 0.200. The summed E-state index contributed by atoms with van der Waals surface area (Å²) in [7, 11) is 0. The van der Waals surface area contributed by atoms with E-state index in [9.17, 15) is 4.79 Å². The van der Waals surface area contributed by atoms with Crippen molar-refractivity contribution in [1.29, 1.82) is 0 Å². The lowest BCUT2D eigenvalue weighted by molar-refractivity contribution is -0.116. The summed E-state index contributed by atoms with van der Waals surface area (Å²) in [4.78, 5) is 15.8. The molecule has 1 aromatic carbocycles. The Kier molecular flexibility index (Phi) is 4.55. The van der Waals surface area contributed by atoms with E-state index in [4.69, 9.17) is 10.5 Å². The summed E-state index contributed by atoms with van der Waals surface area (Å²) < 4.78 is 5.47. The largest absolute Gasteiger partial charge is 0.493 e. The van der Waals surface area contributed by atoms with Crippen LogP contribution in [0.15, 0.2) is 42.6 Å². The topological polar surface area (TPSA) is 77.2 Å². The van der Waals surface area contributed by atoms with Crippen molar-refractivity contribution in [1.82, 2.24) is 4.98 Å². The van der Waals surface area contributed by atoms with Gasteiger partial charge >= 0.3 is 0 Å². The molecule has 0 saturated carbocycles. The van der Waals surface area contributed by atoms with E-state index in [-0.39, 0.29) is 12.3 Å². The van der Waals surface area contributed by atoms with E-state index in [0.29, 0.717) is 18.0 Å². The molecule has 0 radical (unpaired) electrons. The number of aromatic nitrogens is 1. The lowest BCUT2D eigenvalue weighted by Crippen LogP contribution is -2.15. The summed E-state index contributed by atoms with van der Waals surface area (Å²) in [5, 5.41) is 2.80. The Morgan fingerprint density at radius 3 is 2.95 bits per heavy atom. The van der Waals surface area contributed by atoms with Crippen LogP contribution in [0.5, 0.6) is 5.75 Å². The number of pyridine rings is 1. The van der Waals surface area contributed by atoms with E-state index >= 15 is 0 Å². The molecule has 2 aromatic rings. The average molecular weight is 271 g/mol. The number of hydrogen-bond acceptors (Lipinski definition) is 4. The molecule has 1 aromatic heterocycles. The zero-order valence-corrected chi connectivity index (χ0v) is 11.3. The summed E-state index contributed by atoms with van der Waals surface area (Å²) in [6.07, 6.45) is 1.93. The number of nitrogens with one attached hydrogen (secondary N) is 1. The second-order valence-corrected chi connectivity index (χ2v) is 4.41. The first-order valence-corrected chi connectivity index (χ1v) is 6.34. The molecule has 1 amide bonds. The third kappa shape index (κ3) is 4.28. The number of ether oxygens (including phenoxy) is 1. The van der Waals surface area contributed by atoms with Crippen molar-refractivity contribution in [3.05, 3.63) is 48.3 Å². The molecule has 5 nitrogen and oxygen atoms in total. The molecule has 0 spiro atoms. The Morgan fingerprint density at radius 2 is 2.20 bits per heavy atom. The molecule has 2 rings (SSSR count). The summed E-state index contributed by atoms with van der Waals surface area (Å²) in [6.45, 7) is 2.18. The summed E-state index contributed by atoms with van der Waals surface area (Å²) in [6, 6.07) is 10.7. The lowest BCUT2D eigenvalue weighted by Gasteiger charge is -2.08. The van der Waals surface area contributed by atoms with Crippen LogP contribution in [-0.4, -0.2) is 17.5 Å². The van der Waals surface area contributed by atoms with E-state index in [1.807, 2.05) is 19.1 Å². The Labute approximate surface area is 117 Å². The standard InChI is InChI=1S/C15H17N3O2/c1-11-9-13(5-7-17-11)18-15(19)6-8-20-14-4-2-3-12(16)10-14/h2-5,7,9-10H,6,8,16H2,1H3,(H,17,18,19). The number of carbonyl (C=O) groups is 1. The van der Waals surface area contributed by atoms with Gasteiger partial charge in [-0.1, -0.05) is 6.07 Å². The van der Waals surface area contributed by atoms with Crippen LogP contribution in [-0.2, 0) is 4.79 Å². The highest BCUT2D eigenvalue weighted by Gasteiger charge is 2.03. The normalized spacial score (nSPS) is 10.1. The minimum Gasteiger partial charge on any atom is -0.493 e. The Balaban J connectivity index is 1.78. The summed E-state index contributed by atoms with van der Waals surface area (Å²) in [5.74, 6) is 0.567. The Hall–Kier alpha value is -2.56. The molecule has 5 heteroatoms. The molecule has 0 saturated heterocycles. The molecule has 0 aliphatic heterocycles. The molecular weight excluding hydrogens is 254 g/mol. The minimum atomic E-state index is -0.0977. The van der Waals surface area contributed by atoms with Gasteiger partial charge in [0.15, 0.2) is 0 Å². The van der Waals surface area contributed by atoms with Crippen molar-refractivity contribution in [3.8, 4) is 5.75 Å². The number of anilines is 2. The number of nitrogen functional groups attached to an aromatic ring is 1. The summed E-state index contributed by atoms with van der Waals surface area (Å²) in [5.41, 5.74) is 7.88. The van der Waals surface area contributed by atoms with E-state index in [0.717, 1.165) is 11.4 Å². The van der Waals surface area contributed by atoms with Gasteiger partial charge in [0.25, 0.3) is 0 Å². The first-order chi connectivity index (χ1) is 9.63. The molecule has 0 bridgehead atoms. The number of amides is 1. The van der Waals surface area contributed by atoms with Gasteiger partial charge in [-0.2, -0.15) is 0 Å². The van der Waals surface area contributed by atoms with Gasteiger partial charge < -0.3 is 15.8 Å². The maximum absolute atomic E-state index is 11.7. The number of carbonyl (C=O) groups excluding carboxylic acids is 1. The summed E-state index contributed by atoms with van der Waals surface area (Å²) >= 11 is 0. The van der Waals surface area contributed by atoms with Gasteiger partial charge in [-0.05, 0) is 31.2 Å². The van der Waals surface area contributed by atoms with Crippen LogP contribution in [0.1, 0.15) is 12.1 Å². The molecule has 0 atom stereocenters. The van der Waals surface area contributed by atoms with Crippen LogP contribution >= 0.6 is 0 Å². The monoisotopic (exact) mass is 271 g/mol. The van der Waals surface area contributed by atoms with Crippen molar-refractivity contribution in [2.75, 3.05) is 17.7 Å². The molecule has 3 N–H and O–H groups in total. The van der Waals surface area contributed by atoms with Crippen LogP contribution < -0.4 is 15.8 Å². The predicted molar refractivity (Wildman–Crippen MR) is 78.6 cm³/mol. The third-order valence-electron chi connectivity index (χ3n) is 2.64. The third-order valence-corrected chi connectivity index (χ3v) is 2.64. The number of nitrogens with two attached hydrogens (primary N) is 1. The van der Waals surface area contributed by atoms with Crippen molar-refractivity contribution in [2.24, 2.45) is 0 Å². The SMILES string of the molecule is Cc1cc(NC(=O)CCOc2cccc(N)c2)ccn1. The van der Waals surface area contributed by atoms with Crippen LogP contribution in [0.25, 0.3) is 0 Å². The number of aryl methyl sites for hydroxylation is 1. The smallest absolute Gasteiger partial charge is 0.227 e. The van der Waals surface area contributed by atoms with Crippen LogP contribution in [0, 0.1) is 6.92 Å². The predicted octanol–water partition coefficient (Wildman–Crippen LogP) is 2.38. The minimum absolute atomic E-state index is 0.0977. The molecule has 0 fully saturated rings. The number of nitrogens with zero attached hydrogens (tertiary/aromatic N) is 1. The lowest BCUT2D eigenvalue weighted by atomic mass is 10.3. The maximum Gasteiger partial charge on any atom is 0.227 e. The Bertz CT molecular complexity index is 599. The fourth-order valence-corrected chi connectivity index (χ4v) is 1.71. The average Bonchev–Trinajstić information content (AvgIpc) is 2.38. The van der Waals surface area contributed by atoms with Crippen LogP contribution in [0.4, 0.5) is 11.4 Å². The first-order valence-electron chi connectivity index (χ1n) is 6.34. The van der Waals surface area contributed by atoms with Crippen molar-refractivity contribution in [3.63, 3.8) is 0 Å². The number of rotatable bonds is 5. The highest BCUT2D eigenvalue weighted by molar-refractivity contribution is 5.90. The van der Waals surface area contributed by atoms with Gasteiger partial charge in [-0.3, -0.25) is 9.78 Å². The van der Waals surface area contributed by atoms with Gasteiger partial charge in [0, 0.05) is 29.3 Å². The van der Waals surface area contributed by atoms with Crippen LogP contribution in [0.2, 0.25) is 0 Å². The number of hydrogen-bond donors (Lipinski definition) is 2. The highest BCUT2D eigenvalue weighted by Crippen LogP contribution is 2.14. The van der Waals surface area contributed by atoms with Gasteiger partial charge in [0.05, 0.1) is 13.0 Å². The van der Waals surface area contributed by atoms with Crippen molar-refractivity contribution >= 4 is 17.3 Å². The zero-order chi connectivity index (χ0) is 14.4. The van der Waals surface area contributed by atoms with E-state index in [1.54, 1.807) is 30.5 Å². The number of benzene rings is 1. The van der Waals surface area contributed by atoms with Gasteiger partial charge in [-0.25, -0.2) is 0 Å². The van der Waals surface area contributed by atoms with Gasteiger partial charge in [0.1, 0.15) is 5.75 Å². The molecule has 0 aliphatic carbocycles. The molecule has 1 heterocycles. The van der Waals surface area contributed by atoms with Crippen molar-refractivity contribution < 1.29 is 9.53 Å². The second-order valence-electron chi connectivity index (χ2n) is 4.41. The molecular formula is C15H17N3O2. The van der Waals surface area contributed by atoms with Gasteiger partial charge in [-0.15, -0.1) is 0 Å².